The zero-order valence-electron chi connectivity index (χ0n) is 15.5. The van der Waals surface area contributed by atoms with E-state index in [1.807, 2.05) is 6.92 Å². The van der Waals surface area contributed by atoms with Crippen LogP contribution in [0.25, 0.3) is 0 Å². The van der Waals surface area contributed by atoms with E-state index in [-0.39, 0.29) is 11.8 Å². The normalized spacial score (nSPS) is 18.3. The second-order valence-corrected chi connectivity index (χ2v) is 8.57. The van der Waals surface area contributed by atoms with Gasteiger partial charge in [-0.3, -0.25) is 4.79 Å². The Bertz CT molecular complexity index is 644. The predicted molar refractivity (Wildman–Crippen MR) is 102 cm³/mol. The predicted octanol–water partition coefficient (Wildman–Crippen LogP) is 5.27. The molecule has 1 aromatic rings. The molecule has 1 heterocycles. The molecule has 1 unspecified atom stereocenters. The van der Waals surface area contributed by atoms with Crippen LogP contribution in [0.4, 0.5) is 0 Å². The minimum Gasteiger partial charge on any atom is -0.273 e. The number of halogens is 1. The zero-order chi connectivity index (χ0) is 17.9. The largest absolute Gasteiger partial charge is 0.273 e. The van der Waals surface area contributed by atoms with E-state index in [4.69, 9.17) is 11.6 Å². The van der Waals surface area contributed by atoms with Gasteiger partial charge in [-0.05, 0) is 54.9 Å². The Labute approximate surface area is 150 Å². The van der Waals surface area contributed by atoms with Crippen LogP contribution in [0.3, 0.4) is 0 Å². The number of hydrazone groups is 1. The Morgan fingerprint density at radius 2 is 2.00 bits per heavy atom. The van der Waals surface area contributed by atoms with E-state index in [2.05, 4.69) is 50.4 Å². The molecule has 1 amide bonds. The van der Waals surface area contributed by atoms with Crippen molar-refractivity contribution >= 4 is 23.2 Å². The third-order valence-corrected chi connectivity index (χ3v) is 4.90. The van der Waals surface area contributed by atoms with Crippen molar-refractivity contribution in [1.29, 1.82) is 0 Å². The summed E-state index contributed by atoms with van der Waals surface area (Å²) in [4.78, 5) is 11.4. The number of nitrogens with zero attached hydrogens (tertiary/aromatic N) is 1. The first kappa shape index (κ1) is 19.0. The van der Waals surface area contributed by atoms with E-state index in [1.165, 1.54) is 30.4 Å². The number of unbranched alkanes of at least 4 members (excludes halogenated alkanes) is 1. The topological polar surface area (TPSA) is 41.5 Å². The van der Waals surface area contributed by atoms with Crippen molar-refractivity contribution < 1.29 is 4.79 Å². The Hall–Kier alpha value is -1.35. The number of carbonyl (C=O) groups excluding carboxylic acids is 1. The van der Waals surface area contributed by atoms with Crippen LogP contribution in [0.15, 0.2) is 17.2 Å². The van der Waals surface area contributed by atoms with Crippen LogP contribution >= 0.6 is 11.6 Å². The number of aryl methyl sites for hydroxylation is 2. The molecule has 3 nitrogen and oxygen atoms in total. The lowest BCUT2D eigenvalue weighted by molar-refractivity contribution is -0.121. The first-order valence-corrected chi connectivity index (χ1v) is 9.21. The minimum absolute atomic E-state index is 0.0328. The van der Waals surface area contributed by atoms with Crippen molar-refractivity contribution in [2.45, 2.75) is 66.7 Å². The lowest BCUT2D eigenvalue weighted by Crippen LogP contribution is -2.32. The number of benzene rings is 1. The molecule has 0 radical (unpaired) electrons. The van der Waals surface area contributed by atoms with Crippen molar-refractivity contribution in [3.8, 4) is 0 Å². The molecule has 1 aliphatic heterocycles. The highest BCUT2D eigenvalue weighted by Crippen LogP contribution is 2.28. The zero-order valence-corrected chi connectivity index (χ0v) is 16.3. The van der Waals surface area contributed by atoms with Crippen LogP contribution in [0.5, 0.6) is 0 Å². The van der Waals surface area contributed by atoms with Gasteiger partial charge in [-0.15, -0.1) is 0 Å². The lowest BCUT2D eigenvalue weighted by atomic mass is 9.88. The molecule has 2 rings (SSSR count). The smallest absolute Gasteiger partial charge is 0.240 e. The van der Waals surface area contributed by atoms with Crippen LogP contribution in [-0.2, 0) is 11.2 Å². The molecule has 1 atom stereocenters. The summed E-state index contributed by atoms with van der Waals surface area (Å²) < 4.78 is 0. The van der Waals surface area contributed by atoms with E-state index >= 15 is 0 Å². The number of hydrogen-bond acceptors (Lipinski definition) is 2. The maximum atomic E-state index is 11.4. The second kappa shape index (κ2) is 7.69. The number of nitrogens with one attached hydrogen (secondary N) is 1. The van der Waals surface area contributed by atoms with Crippen molar-refractivity contribution in [3.63, 3.8) is 0 Å². The molecule has 0 saturated heterocycles. The highest BCUT2D eigenvalue weighted by Gasteiger charge is 2.23. The third-order valence-electron chi connectivity index (χ3n) is 4.58. The molecule has 4 heteroatoms. The molecule has 0 fully saturated rings. The standard InChI is InChI=1S/C20H29ClN2O/c1-13-10-16(19-14(2)11-18(24)22-23-19)17(21)12-15(13)8-6-7-9-20(3,4)5/h10,12,14H,6-9,11H2,1-5H3,(H,22,24). The summed E-state index contributed by atoms with van der Waals surface area (Å²) in [7, 11) is 0. The van der Waals surface area contributed by atoms with Gasteiger partial charge in [-0.2, -0.15) is 5.10 Å². The van der Waals surface area contributed by atoms with Crippen molar-refractivity contribution in [2.75, 3.05) is 0 Å². The fourth-order valence-electron chi connectivity index (χ4n) is 3.14. The van der Waals surface area contributed by atoms with E-state index < -0.39 is 0 Å². The SMILES string of the molecule is Cc1cc(C2=NNC(=O)CC2C)c(Cl)cc1CCCCC(C)(C)C. The first-order chi connectivity index (χ1) is 11.2. The monoisotopic (exact) mass is 348 g/mol. The van der Waals surface area contributed by atoms with Crippen LogP contribution in [0.2, 0.25) is 5.02 Å². The van der Waals surface area contributed by atoms with Gasteiger partial charge < -0.3 is 0 Å². The molecular formula is C20H29ClN2O. The third kappa shape index (κ3) is 5.07. The Morgan fingerprint density at radius 1 is 1.29 bits per heavy atom. The molecule has 1 aromatic carbocycles. The van der Waals surface area contributed by atoms with Gasteiger partial charge in [0.15, 0.2) is 0 Å². The first-order valence-electron chi connectivity index (χ1n) is 8.83. The van der Waals surface area contributed by atoms with Gasteiger partial charge >= 0.3 is 0 Å². The Balaban J connectivity index is 2.10. The summed E-state index contributed by atoms with van der Waals surface area (Å²) >= 11 is 6.53. The molecule has 1 N–H and O–H groups in total. The molecule has 1 aliphatic rings. The van der Waals surface area contributed by atoms with E-state index in [1.54, 1.807) is 0 Å². The quantitative estimate of drug-likeness (QED) is 0.724. The van der Waals surface area contributed by atoms with Gasteiger partial charge in [0.25, 0.3) is 0 Å². The maximum absolute atomic E-state index is 11.4. The fourth-order valence-corrected chi connectivity index (χ4v) is 3.42. The van der Waals surface area contributed by atoms with Crippen molar-refractivity contribution in [1.82, 2.24) is 5.43 Å². The fraction of sp³-hybridized carbons (Fsp3) is 0.600. The minimum atomic E-state index is -0.0328. The number of hydrogen-bond donors (Lipinski definition) is 1. The number of carbonyl (C=O) groups is 1. The summed E-state index contributed by atoms with van der Waals surface area (Å²) in [6, 6.07) is 4.20. The number of rotatable bonds is 5. The highest BCUT2D eigenvalue weighted by atomic mass is 35.5. The molecule has 132 valence electrons. The van der Waals surface area contributed by atoms with Crippen molar-refractivity contribution in [3.05, 3.63) is 33.8 Å². The molecule has 24 heavy (non-hydrogen) atoms. The van der Waals surface area contributed by atoms with Crippen LogP contribution in [0, 0.1) is 18.3 Å². The average molecular weight is 349 g/mol. The van der Waals surface area contributed by atoms with Crippen LogP contribution < -0.4 is 5.43 Å². The van der Waals surface area contributed by atoms with Gasteiger partial charge in [0.05, 0.1) is 5.71 Å². The van der Waals surface area contributed by atoms with Gasteiger partial charge in [0.1, 0.15) is 0 Å². The molecule has 0 aliphatic carbocycles. The molecule has 0 saturated carbocycles. The Morgan fingerprint density at radius 3 is 2.62 bits per heavy atom. The second-order valence-electron chi connectivity index (χ2n) is 8.16. The molecular weight excluding hydrogens is 320 g/mol. The average Bonchev–Trinajstić information content (AvgIpc) is 2.46. The lowest BCUT2D eigenvalue weighted by Gasteiger charge is -2.21. The van der Waals surface area contributed by atoms with E-state index in [0.717, 1.165) is 22.7 Å². The molecule has 0 spiro atoms. The summed E-state index contributed by atoms with van der Waals surface area (Å²) in [6.45, 7) is 11.0. The van der Waals surface area contributed by atoms with Gasteiger partial charge in [0.2, 0.25) is 5.91 Å². The van der Waals surface area contributed by atoms with Crippen LogP contribution in [-0.4, -0.2) is 11.6 Å². The summed E-state index contributed by atoms with van der Waals surface area (Å²) in [5.74, 6) is 0.0582. The van der Waals surface area contributed by atoms with Gasteiger partial charge in [-0.25, -0.2) is 5.43 Å². The maximum Gasteiger partial charge on any atom is 0.240 e. The van der Waals surface area contributed by atoms with Crippen LogP contribution in [0.1, 0.15) is 70.1 Å². The van der Waals surface area contributed by atoms with Crippen molar-refractivity contribution in [2.24, 2.45) is 16.4 Å². The van der Waals surface area contributed by atoms with Gasteiger partial charge in [0, 0.05) is 22.9 Å². The molecule has 0 aromatic heterocycles. The number of amides is 1. The van der Waals surface area contributed by atoms with Gasteiger partial charge in [-0.1, -0.05) is 45.7 Å². The summed E-state index contributed by atoms with van der Waals surface area (Å²) in [6.07, 6.45) is 5.18. The highest BCUT2D eigenvalue weighted by molar-refractivity contribution is 6.34. The van der Waals surface area contributed by atoms with E-state index in [9.17, 15) is 4.79 Å². The summed E-state index contributed by atoms with van der Waals surface area (Å²) in [5, 5.41) is 4.96. The Kier molecular flexibility index (Phi) is 6.08. The molecule has 0 bridgehead atoms. The summed E-state index contributed by atoms with van der Waals surface area (Å²) in [5.41, 5.74) is 7.35. The van der Waals surface area contributed by atoms with E-state index in [0.29, 0.717) is 11.8 Å².